The number of aromatic carboxylic acids is 1. The van der Waals surface area contributed by atoms with Crippen molar-refractivity contribution in [2.75, 3.05) is 0 Å². The molecule has 0 fully saturated rings. The van der Waals surface area contributed by atoms with Gasteiger partial charge in [0.2, 0.25) is 0 Å². The molecule has 0 saturated heterocycles. The van der Waals surface area contributed by atoms with E-state index >= 15 is 0 Å². The molecule has 0 unspecified atom stereocenters. The third-order valence-corrected chi connectivity index (χ3v) is 1.96. The van der Waals surface area contributed by atoms with E-state index in [2.05, 4.69) is 9.97 Å². The van der Waals surface area contributed by atoms with Crippen molar-refractivity contribution in [2.24, 2.45) is 0 Å². The number of phenols is 1. The molecule has 0 aliphatic rings. The second kappa shape index (κ2) is 4.48. The van der Waals surface area contributed by atoms with Crippen molar-refractivity contribution < 1.29 is 19.7 Å². The van der Waals surface area contributed by atoms with Crippen LogP contribution in [0, 0.1) is 0 Å². The number of benzene rings is 1. The van der Waals surface area contributed by atoms with Crippen LogP contribution in [-0.2, 0) is 0 Å². The highest BCUT2D eigenvalue weighted by Crippen LogP contribution is 2.29. The van der Waals surface area contributed by atoms with Crippen molar-refractivity contribution in [1.82, 2.24) is 9.97 Å². The van der Waals surface area contributed by atoms with Gasteiger partial charge in [-0.1, -0.05) is 6.07 Å². The lowest BCUT2D eigenvalue weighted by Crippen LogP contribution is -2.01. The van der Waals surface area contributed by atoms with Gasteiger partial charge in [0, 0.05) is 12.4 Å². The molecule has 17 heavy (non-hydrogen) atoms. The minimum Gasteiger partial charge on any atom is -0.507 e. The fraction of sp³-hybridized carbons (Fsp3) is 0. The van der Waals surface area contributed by atoms with Crippen molar-refractivity contribution in [3.8, 4) is 17.5 Å². The lowest BCUT2D eigenvalue weighted by atomic mass is 10.2. The van der Waals surface area contributed by atoms with Gasteiger partial charge in [0.15, 0.2) is 0 Å². The predicted octanol–water partition coefficient (Wildman–Crippen LogP) is 1.67. The van der Waals surface area contributed by atoms with Crippen LogP contribution < -0.4 is 4.74 Å². The van der Waals surface area contributed by atoms with E-state index in [4.69, 9.17) is 9.84 Å². The van der Waals surface area contributed by atoms with Gasteiger partial charge in [0.05, 0.1) is 0 Å². The number of nitrogens with zero attached hydrogens (tertiary/aromatic N) is 2. The summed E-state index contributed by atoms with van der Waals surface area (Å²) in [4.78, 5) is 18.5. The molecule has 2 aromatic rings. The number of carboxylic acid groups (broad SMARTS) is 1. The van der Waals surface area contributed by atoms with E-state index in [9.17, 15) is 9.90 Å². The van der Waals surface area contributed by atoms with Gasteiger partial charge in [-0.15, -0.1) is 0 Å². The zero-order valence-electron chi connectivity index (χ0n) is 8.57. The van der Waals surface area contributed by atoms with Gasteiger partial charge >= 0.3 is 12.0 Å². The van der Waals surface area contributed by atoms with E-state index in [0.29, 0.717) is 0 Å². The van der Waals surface area contributed by atoms with Crippen LogP contribution in [0.4, 0.5) is 0 Å². The molecule has 2 rings (SSSR count). The van der Waals surface area contributed by atoms with Crippen molar-refractivity contribution in [3.05, 3.63) is 42.2 Å². The molecule has 86 valence electrons. The molecule has 0 atom stereocenters. The smallest absolute Gasteiger partial charge is 0.343 e. The summed E-state index contributed by atoms with van der Waals surface area (Å²) in [6, 6.07) is 5.77. The van der Waals surface area contributed by atoms with Crippen LogP contribution in [0.25, 0.3) is 0 Å². The molecule has 0 saturated carbocycles. The summed E-state index contributed by atoms with van der Waals surface area (Å²) in [5.41, 5.74) is -0.319. The van der Waals surface area contributed by atoms with Crippen LogP contribution in [0.15, 0.2) is 36.7 Å². The maximum absolute atomic E-state index is 11.0. The van der Waals surface area contributed by atoms with Gasteiger partial charge in [0.1, 0.15) is 17.1 Å². The molecule has 0 radical (unpaired) electrons. The molecule has 0 spiro atoms. The Morgan fingerprint density at radius 1 is 1.18 bits per heavy atom. The topological polar surface area (TPSA) is 92.5 Å². The molecule has 6 nitrogen and oxygen atoms in total. The van der Waals surface area contributed by atoms with Crippen LogP contribution in [-0.4, -0.2) is 26.2 Å². The van der Waals surface area contributed by atoms with Crippen molar-refractivity contribution in [2.45, 2.75) is 0 Å². The largest absolute Gasteiger partial charge is 0.507 e. The Morgan fingerprint density at radius 2 is 1.88 bits per heavy atom. The zero-order valence-corrected chi connectivity index (χ0v) is 8.57. The number of ether oxygens (including phenoxy) is 1. The number of carbonyl (C=O) groups is 1. The van der Waals surface area contributed by atoms with Crippen molar-refractivity contribution in [3.63, 3.8) is 0 Å². The number of carboxylic acids is 1. The standard InChI is InChI=1S/C11H8N2O4/c14-7-3-1-4-8(9(7)10(15)16)17-11-12-5-2-6-13-11/h1-6,14H,(H,15,16). The summed E-state index contributed by atoms with van der Waals surface area (Å²) in [5.74, 6) is -1.66. The maximum atomic E-state index is 11.0. The van der Waals surface area contributed by atoms with E-state index in [1.165, 1.54) is 30.6 Å². The van der Waals surface area contributed by atoms with Gasteiger partial charge < -0.3 is 14.9 Å². The lowest BCUT2D eigenvalue weighted by Gasteiger charge is -2.07. The third-order valence-electron chi connectivity index (χ3n) is 1.96. The minimum atomic E-state index is -1.28. The third kappa shape index (κ3) is 2.31. The van der Waals surface area contributed by atoms with Crippen molar-refractivity contribution >= 4 is 5.97 Å². The fourth-order valence-electron chi connectivity index (χ4n) is 1.26. The Labute approximate surface area is 96.2 Å². The summed E-state index contributed by atoms with van der Waals surface area (Å²) < 4.78 is 5.19. The van der Waals surface area contributed by atoms with Crippen LogP contribution >= 0.6 is 0 Å². The highest BCUT2D eigenvalue weighted by molar-refractivity contribution is 5.94. The van der Waals surface area contributed by atoms with Gasteiger partial charge in [-0.3, -0.25) is 0 Å². The molecule has 0 bridgehead atoms. The molecule has 0 aliphatic carbocycles. The highest BCUT2D eigenvalue weighted by Gasteiger charge is 2.17. The summed E-state index contributed by atoms with van der Waals surface area (Å²) in [5, 5.41) is 18.4. The normalized spacial score (nSPS) is 9.88. The van der Waals surface area contributed by atoms with E-state index in [0.717, 1.165) is 0 Å². The summed E-state index contributed by atoms with van der Waals surface area (Å²) in [6.45, 7) is 0. The Hall–Kier alpha value is -2.63. The number of rotatable bonds is 3. The first-order valence-corrected chi connectivity index (χ1v) is 4.68. The Kier molecular flexibility index (Phi) is 2.87. The molecule has 1 aromatic carbocycles. The zero-order chi connectivity index (χ0) is 12.3. The maximum Gasteiger partial charge on any atom is 0.343 e. The SMILES string of the molecule is O=C(O)c1c(O)cccc1Oc1ncccn1. The molecule has 1 heterocycles. The van der Waals surface area contributed by atoms with Crippen LogP contribution in [0.5, 0.6) is 17.5 Å². The predicted molar refractivity (Wildman–Crippen MR) is 57.2 cm³/mol. The first-order valence-electron chi connectivity index (χ1n) is 4.68. The molecule has 0 aliphatic heterocycles. The van der Waals surface area contributed by atoms with Crippen molar-refractivity contribution in [1.29, 1.82) is 0 Å². The number of hydrogen-bond donors (Lipinski definition) is 2. The Balaban J connectivity index is 2.40. The average molecular weight is 232 g/mol. The fourth-order valence-corrected chi connectivity index (χ4v) is 1.26. The number of aromatic nitrogens is 2. The van der Waals surface area contributed by atoms with Gasteiger partial charge in [-0.25, -0.2) is 14.8 Å². The summed E-state index contributed by atoms with van der Waals surface area (Å²) in [7, 11) is 0. The molecule has 2 N–H and O–H groups in total. The second-order valence-corrected chi connectivity index (χ2v) is 3.09. The minimum absolute atomic E-state index is 0.0105. The molecule has 0 amide bonds. The van der Waals surface area contributed by atoms with E-state index in [1.807, 2.05) is 0 Å². The van der Waals surface area contributed by atoms with E-state index in [1.54, 1.807) is 6.07 Å². The van der Waals surface area contributed by atoms with Crippen LogP contribution in [0.3, 0.4) is 0 Å². The monoisotopic (exact) mass is 232 g/mol. The quantitative estimate of drug-likeness (QED) is 0.836. The Bertz CT molecular complexity index is 542. The average Bonchev–Trinajstić information content (AvgIpc) is 2.30. The molecular weight excluding hydrogens is 224 g/mol. The summed E-state index contributed by atoms with van der Waals surface area (Å²) >= 11 is 0. The van der Waals surface area contributed by atoms with E-state index in [-0.39, 0.29) is 23.1 Å². The van der Waals surface area contributed by atoms with Crippen LogP contribution in [0.1, 0.15) is 10.4 Å². The Morgan fingerprint density at radius 3 is 2.53 bits per heavy atom. The molecular formula is C11H8N2O4. The van der Waals surface area contributed by atoms with Gasteiger partial charge in [-0.05, 0) is 18.2 Å². The first kappa shape index (κ1) is 10.9. The van der Waals surface area contributed by atoms with Crippen LogP contribution in [0.2, 0.25) is 0 Å². The first-order chi connectivity index (χ1) is 8.18. The highest BCUT2D eigenvalue weighted by atomic mass is 16.5. The lowest BCUT2D eigenvalue weighted by molar-refractivity contribution is 0.0690. The van der Waals surface area contributed by atoms with Gasteiger partial charge in [0.25, 0.3) is 0 Å². The summed E-state index contributed by atoms with van der Waals surface area (Å²) in [6.07, 6.45) is 2.93. The molecule has 6 heteroatoms. The second-order valence-electron chi connectivity index (χ2n) is 3.09. The molecule has 1 aromatic heterocycles. The number of aromatic hydroxyl groups is 1. The van der Waals surface area contributed by atoms with Gasteiger partial charge in [-0.2, -0.15) is 0 Å². The number of hydrogen-bond acceptors (Lipinski definition) is 5. The van der Waals surface area contributed by atoms with E-state index < -0.39 is 5.97 Å².